The molecular weight excluding hydrogens is 354 g/mol. The van der Waals surface area contributed by atoms with E-state index in [1.165, 1.54) is 29.7 Å². The maximum Gasteiger partial charge on any atom is 0.240 e. The Morgan fingerprint density at radius 2 is 1.77 bits per heavy atom. The monoisotopic (exact) mass is 375 g/mol. The molecule has 2 aliphatic rings. The first-order chi connectivity index (χ1) is 12.6. The topological polar surface area (TPSA) is 73.9 Å². The number of rotatable bonds is 6. The summed E-state index contributed by atoms with van der Waals surface area (Å²) in [4.78, 5) is 0.152. The highest BCUT2D eigenvalue weighted by Crippen LogP contribution is 2.32. The van der Waals surface area contributed by atoms with Crippen LogP contribution in [0.3, 0.4) is 0 Å². The fraction of sp³-hybridized carbons (Fsp3) is 0.368. The molecule has 0 bridgehead atoms. The number of benzene rings is 2. The zero-order chi connectivity index (χ0) is 18.0. The second kappa shape index (κ2) is 7.17. The smallest absolute Gasteiger partial charge is 0.240 e. The zero-order valence-corrected chi connectivity index (χ0v) is 15.2. The largest absolute Gasteiger partial charge is 0.492 e. The SMILES string of the molecule is O=S(=O)(NCCOc1ccc2c(c1)CCC2)c1ccc2c(c1)OCCO2. The van der Waals surface area contributed by atoms with Crippen molar-refractivity contribution in [1.29, 1.82) is 0 Å². The third-order valence-electron chi connectivity index (χ3n) is 4.56. The van der Waals surface area contributed by atoms with Crippen LogP contribution in [0.2, 0.25) is 0 Å². The Bertz CT molecular complexity index is 910. The molecule has 0 unspecified atom stereocenters. The van der Waals surface area contributed by atoms with Gasteiger partial charge in [-0.2, -0.15) is 0 Å². The lowest BCUT2D eigenvalue weighted by Crippen LogP contribution is -2.28. The van der Waals surface area contributed by atoms with Gasteiger partial charge in [-0.25, -0.2) is 13.1 Å². The van der Waals surface area contributed by atoms with Gasteiger partial charge in [-0.05, 0) is 54.7 Å². The van der Waals surface area contributed by atoms with Crippen molar-refractivity contribution in [2.45, 2.75) is 24.2 Å². The van der Waals surface area contributed by atoms with E-state index in [0.717, 1.165) is 18.6 Å². The van der Waals surface area contributed by atoms with E-state index in [2.05, 4.69) is 16.9 Å². The maximum absolute atomic E-state index is 12.4. The normalized spacial score (nSPS) is 15.5. The predicted octanol–water partition coefficient (Wildman–Crippen LogP) is 2.30. The molecule has 0 saturated heterocycles. The number of fused-ring (bicyclic) bond motifs is 2. The van der Waals surface area contributed by atoms with Crippen molar-refractivity contribution in [3.63, 3.8) is 0 Å². The third-order valence-corrected chi connectivity index (χ3v) is 6.02. The second-order valence-electron chi connectivity index (χ2n) is 6.34. The van der Waals surface area contributed by atoms with Crippen LogP contribution >= 0.6 is 0 Å². The molecule has 0 aromatic heterocycles. The Morgan fingerprint density at radius 1 is 0.962 bits per heavy atom. The number of sulfonamides is 1. The van der Waals surface area contributed by atoms with Crippen LogP contribution in [0, 0.1) is 0 Å². The quantitative estimate of drug-likeness (QED) is 0.785. The van der Waals surface area contributed by atoms with Crippen LogP contribution in [0.1, 0.15) is 17.5 Å². The molecule has 2 aromatic rings. The molecule has 7 heteroatoms. The van der Waals surface area contributed by atoms with Gasteiger partial charge in [-0.3, -0.25) is 0 Å². The van der Waals surface area contributed by atoms with E-state index in [4.69, 9.17) is 14.2 Å². The molecule has 0 fully saturated rings. The molecule has 1 N–H and O–H groups in total. The molecular formula is C19H21NO5S. The fourth-order valence-corrected chi connectivity index (χ4v) is 4.29. The van der Waals surface area contributed by atoms with E-state index < -0.39 is 10.0 Å². The summed E-state index contributed by atoms with van der Waals surface area (Å²) in [6.45, 7) is 1.34. The summed E-state index contributed by atoms with van der Waals surface area (Å²) in [5.41, 5.74) is 2.72. The Balaban J connectivity index is 1.33. The van der Waals surface area contributed by atoms with Gasteiger partial charge >= 0.3 is 0 Å². The Labute approximate surface area is 153 Å². The van der Waals surface area contributed by atoms with E-state index in [0.29, 0.717) is 24.7 Å². The Kier molecular flexibility index (Phi) is 4.74. The van der Waals surface area contributed by atoms with Gasteiger partial charge in [0, 0.05) is 12.6 Å². The number of nitrogens with one attached hydrogen (secondary N) is 1. The van der Waals surface area contributed by atoms with E-state index in [1.807, 2.05) is 6.07 Å². The molecule has 1 aliphatic heterocycles. The van der Waals surface area contributed by atoms with Gasteiger partial charge in [0.05, 0.1) is 4.90 Å². The first kappa shape index (κ1) is 17.2. The van der Waals surface area contributed by atoms with Crippen molar-refractivity contribution < 1.29 is 22.6 Å². The number of hydrogen-bond acceptors (Lipinski definition) is 5. The molecule has 0 atom stereocenters. The lowest BCUT2D eigenvalue weighted by Gasteiger charge is -2.19. The highest BCUT2D eigenvalue weighted by molar-refractivity contribution is 7.89. The minimum Gasteiger partial charge on any atom is -0.492 e. The lowest BCUT2D eigenvalue weighted by atomic mass is 10.1. The summed E-state index contributed by atoms with van der Waals surface area (Å²) < 4.78 is 43.9. The molecule has 26 heavy (non-hydrogen) atoms. The van der Waals surface area contributed by atoms with Gasteiger partial charge in [0.1, 0.15) is 25.6 Å². The van der Waals surface area contributed by atoms with Gasteiger partial charge in [0.15, 0.2) is 11.5 Å². The fourth-order valence-electron chi connectivity index (χ4n) is 3.26. The van der Waals surface area contributed by atoms with E-state index in [1.54, 1.807) is 6.07 Å². The second-order valence-corrected chi connectivity index (χ2v) is 8.10. The molecule has 6 nitrogen and oxygen atoms in total. The van der Waals surface area contributed by atoms with Crippen LogP contribution in [0.4, 0.5) is 0 Å². The molecule has 138 valence electrons. The van der Waals surface area contributed by atoms with Crippen LogP contribution in [0.25, 0.3) is 0 Å². The first-order valence-corrected chi connectivity index (χ1v) is 10.2. The van der Waals surface area contributed by atoms with Crippen molar-refractivity contribution in [3.05, 3.63) is 47.5 Å². The zero-order valence-electron chi connectivity index (χ0n) is 14.4. The van der Waals surface area contributed by atoms with Crippen LogP contribution in [0.5, 0.6) is 17.2 Å². The highest BCUT2D eigenvalue weighted by Gasteiger charge is 2.19. The molecule has 2 aromatic carbocycles. The van der Waals surface area contributed by atoms with E-state index in [9.17, 15) is 8.42 Å². The van der Waals surface area contributed by atoms with Gasteiger partial charge in [0.2, 0.25) is 10.0 Å². The molecule has 0 amide bonds. The summed E-state index contributed by atoms with van der Waals surface area (Å²) in [6, 6.07) is 10.7. The average molecular weight is 375 g/mol. The van der Waals surface area contributed by atoms with Crippen molar-refractivity contribution in [2.24, 2.45) is 0 Å². The first-order valence-electron chi connectivity index (χ1n) is 8.76. The van der Waals surface area contributed by atoms with E-state index >= 15 is 0 Å². The molecule has 0 saturated carbocycles. The summed E-state index contributed by atoms with van der Waals surface area (Å²) in [7, 11) is -3.62. The standard InChI is InChI=1S/C19H21NO5S/c21-26(22,17-6-7-18-19(13-17)25-11-10-24-18)20-8-9-23-16-5-4-14-2-1-3-15(14)12-16/h4-7,12-13,20H,1-3,8-11H2. The van der Waals surface area contributed by atoms with Crippen molar-refractivity contribution in [3.8, 4) is 17.2 Å². The third kappa shape index (κ3) is 3.64. The van der Waals surface area contributed by atoms with Crippen molar-refractivity contribution in [1.82, 2.24) is 4.72 Å². The van der Waals surface area contributed by atoms with Crippen molar-refractivity contribution in [2.75, 3.05) is 26.4 Å². The maximum atomic E-state index is 12.4. The summed E-state index contributed by atoms with van der Waals surface area (Å²) in [5, 5.41) is 0. The average Bonchev–Trinajstić information content (AvgIpc) is 3.13. The number of aryl methyl sites for hydroxylation is 2. The minimum atomic E-state index is -3.62. The van der Waals surface area contributed by atoms with Crippen LogP contribution in [0.15, 0.2) is 41.3 Å². The van der Waals surface area contributed by atoms with Crippen LogP contribution in [-0.4, -0.2) is 34.8 Å². The Morgan fingerprint density at radius 3 is 2.65 bits per heavy atom. The van der Waals surface area contributed by atoms with Gasteiger partial charge < -0.3 is 14.2 Å². The van der Waals surface area contributed by atoms with Gasteiger partial charge in [0.25, 0.3) is 0 Å². The lowest BCUT2D eigenvalue weighted by molar-refractivity contribution is 0.171. The molecule has 0 spiro atoms. The van der Waals surface area contributed by atoms with Crippen molar-refractivity contribution >= 4 is 10.0 Å². The Hall–Kier alpha value is -2.25. The number of ether oxygens (including phenoxy) is 3. The summed E-state index contributed by atoms with van der Waals surface area (Å²) >= 11 is 0. The molecule has 4 rings (SSSR count). The van der Waals surface area contributed by atoms with Gasteiger partial charge in [-0.1, -0.05) is 6.07 Å². The summed E-state index contributed by atoms with van der Waals surface area (Å²) in [6.07, 6.45) is 3.41. The summed E-state index contributed by atoms with van der Waals surface area (Å²) in [5.74, 6) is 1.80. The van der Waals surface area contributed by atoms with Crippen LogP contribution in [-0.2, 0) is 22.9 Å². The molecule has 0 radical (unpaired) electrons. The van der Waals surface area contributed by atoms with Gasteiger partial charge in [-0.15, -0.1) is 0 Å². The minimum absolute atomic E-state index is 0.152. The van der Waals surface area contributed by atoms with Crippen LogP contribution < -0.4 is 18.9 Å². The highest BCUT2D eigenvalue weighted by atomic mass is 32.2. The molecule has 1 heterocycles. The predicted molar refractivity (Wildman–Crippen MR) is 96.6 cm³/mol. The van der Waals surface area contributed by atoms with E-state index in [-0.39, 0.29) is 18.0 Å². The number of hydrogen-bond donors (Lipinski definition) is 1. The molecule has 1 aliphatic carbocycles.